The molecule has 11 heteroatoms. The monoisotopic (exact) mass is 496 g/mol. The van der Waals surface area contributed by atoms with Crippen molar-refractivity contribution in [1.29, 1.82) is 0 Å². The first-order valence-corrected chi connectivity index (χ1v) is 11.7. The third kappa shape index (κ3) is 7.11. The number of carbonyl (C=O) groups excluding carboxylic acids is 5. The number of esters is 4. The van der Waals surface area contributed by atoms with Crippen molar-refractivity contribution in [2.75, 3.05) is 0 Å². The number of hydrogen-bond donors (Lipinski definition) is 0. The highest BCUT2D eigenvalue weighted by atomic mass is 16.8. The zero-order valence-electron chi connectivity index (χ0n) is 20.3. The summed E-state index contributed by atoms with van der Waals surface area (Å²) in [5, 5.41) is 0. The van der Waals surface area contributed by atoms with E-state index in [2.05, 4.69) is 0 Å². The third-order valence-electron chi connectivity index (χ3n) is 6.37. The van der Waals surface area contributed by atoms with Gasteiger partial charge in [0.15, 0.2) is 0 Å². The lowest BCUT2D eigenvalue weighted by Gasteiger charge is -2.26. The topological polar surface area (TPSA) is 141 Å². The molecule has 2 aliphatic heterocycles. The minimum atomic E-state index is -0.791. The van der Waals surface area contributed by atoms with E-state index in [1.807, 2.05) is 12.2 Å². The fraction of sp³-hybridized carbons (Fsp3) is 0.708. The van der Waals surface area contributed by atoms with Crippen molar-refractivity contribution in [2.24, 2.45) is 23.7 Å². The maximum Gasteiger partial charge on any atom is 0.304 e. The lowest BCUT2D eigenvalue weighted by molar-refractivity contribution is -0.216. The van der Waals surface area contributed by atoms with Gasteiger partial charge in [-0.05, 0) is 19.3 Å². The van der Waals surface area contributed by atoms with Gasteiger partial charge in [0.1, 0.15) is 5.78 Å². The Labute approximate surface area is 203 Å². The van der Waals surface area contributed by atoms with Gasteiger partial charge in [-0.3, -0.25) is 24.0 Å². The second-order valence-corrected chi connectivity index (χ2v) is 9.06. The van der Waals surface area contributed by atoms with E-state index in [1.165, 1.54) is 27.7 Å². The minimum absolute atomic E-state index is 0.0732. The van der Waals surface area contributed by atoms with Crippen LogP contribution < -0.4 is 0 Å². The van der Waals surface area contributed by atoms with Crippen molar-refractivity contribution in [1.82, 2.24) is 0 Å². The van der Waals surface area contributed by atoms with Crippen molar-refractivity contribution < 1.29 is 52.4 Å². The van der Waals surface area contributed by atoms with E-state index >= 15 is 0 Å². The molecule has 0 aromatic rings. The van der Waals surface area contributed by atoms with Crippen LogP contribution in [0.2, 0.25) is 0 Å². The van der Waals surface area contributed by atoms with Gasteiger partial charge in [0.25, 0.3) is 0 Å². The van der Waals surface area contributed by atoms with Crippen LogP contribution in [0.15, 0.2) is 12.2 Å². The number of ketones is 1. The average Bonchev–Trinajstić information content (AvgIpc) is 3.25. The van der Waals surface area contributed by atoms with Crippen molar-refractivity contribution in [3.8, 4) is 0 Å². The van der Waals surface area contributed by atoms with E-state index in [4.69, 9.17) is 28.4 Å². The van der Waals surface area contributed by atoms with Crippen LogP contribution >= 0.6 is 0 Å². The zero-order valence-corrected chi connectivity index (χ0v) is 20.3. The van der Waals surface area contributed by atoms with Gasteiger partial charge in [-0.2, -0.15) is 0 Å². The van der Waals surface area contributed by atoms with Crippen LogP contribution in [0, 0.1) is 23.7 Å². The van der Waals surface area contributed by atoms with Crippen molar-refractivity contribution in [3.63, 3.8) is 0 Å². The van der Waals surface area contributed by atoms with Crippen LogP contribution in [0.3, 0.4) is 0 Å². The molecule has 0 bridgehead atoms. The number of rotatable bonds is 4. The maximum atomic E-state index is 11.5. The molecule has 35 heavy (non-hydrogen) atoms. The maximum absolute atomic E-state index is 11.5. The second kappa shape index (κ2) is 11.8. The summed E-state index contributed by atoms with van der Waals surface area (Å²) in [4.78, 5) is 55.4. The standard InChI is InChI=1S/C12H16O6.C12H16O5/c1-6(13)16-11-9-4-3-8(15)5-10(9)12(18-11)17-7(2)14;1-7(13)15-11-9-5-3-4-6-10(9)12(17-11)16-8(2)14/h9-12H,3-5H2,1-2H3;3-4,9-12H,5-6H2,1-2H3/t2*9-,10+,11-,12+/m1./s1. The summed E-state index contributed by atoms with van der Waals surface area (Å²) in [6.07, 6.45) is 4.27. The van der Waals surface area contributed by atoms with E-state index in [9.17, 15) is 24.0 Å². The summed E-state index contributed by atoms with van der Waals surface area (Å²) in [5.74, 6) is -1.68. The molecule has 8 atom stereocenters. The third-order valence-corrected chi connectivity index (χ3v) is 6.37. The van der Waals surface area contributed by atoms with Crippen molar-refractivity contribution in [2.45, 2.75) is 85.0 Å². The van der Waals surface area contributed by atoms with Gasteiger partial charge in [-0.15, -0.1) is 0 Å². The van der Waals surface area contributed by atoms with Gasteiger partial charge >= 0.3 is 23.9 Å². The normalized spacial score (nSPS) is 35.0. The molecule has 0 radical (unpaired) electrons. The van der Waals surface area contributed by atoms with E-state index in [-0.39, 0.29) is 41.4 Å². The predicted octanol–water partition coefficient (Wildman–Crippen LogP) is 2.16. The lowest BCUT2D eigenvalue weighted by atomic mass is 9.79. The van der Waals surface area contributed by atoms with Crippen LogP contribution in [0.4, 0.5) is 0 Å². The highest BCUT2D eigenvalue weighted by molar-refractivity contribution is 5.79. The molecule has 2 aliphatic carbocycles. The number of Topliss-reactive ketones (excluding diaryl/α,β-unsaturated/α-hetero) is 1. The molecule has 0 unspecified atom stereocenters. The molecular weight excluding hydrogens is 464 g/mol. The van der Waals surface area contributed by atoms with Crippen LogP contribution in [0.5, 0.6) is 0 Å². The SMILES string of the molecule is CC(=O)O[C@H]1O[C@@H](OC(C)=O)[C@@H]2CC=CC[C@H]12.CC(=O)O[C@H]1O[C@@H](OC(C)=O)[C@@H]2CCC(=O)C[C@H]12. The number of allylic oxidation sites excluding steroid dienone is 2. The quantitative estimate of drug-likeness (QED) is 0.321. The lowest BCUT2D eigenvalue weighted by Crippen LogP contribution is -2.32. The summed E-state index contributed by atoms with van der Waals surface area (Å²) in [7, 11) is 0. The molecular formula is C24H32O11. The van der Waals surface area contributed by atoms with Crippen molar-refractivity contribution >= 4 is 29.7 Å². The highest BCUT2D eigenvalue weighted by Gasteiger charge is 2.50. The van der Waals surface area contributed by atoms with E-state index in [0.717, 1.165) is 12.8 Å². The molecule has 194 valence electrons. The molecule has 2 saturated heterocycles. The molecule has 0 spiro atoms. The van der Waals surface area contributed by atoms with Gasteiger partial charge in [0.05, 0.1) is 0 Å². The molecule has 0 amide bonds. The molecule has 3 fully saturated rings. The molecule has 0 aromatic heterocycles. The summed E-state index contributed by atoms with van der Waals surface area (Å²) < 4.78 is 31.3. The number of ether oxygens (including phenoxy) is 6. The Bertz CT molecular complexity index is 834. The van der Waals surface area contributed by atoms with Gasteiger partial charge in [0, 0.05) is 64.2 Å². The van der Waals surface area contributed by atoms with E-state index in [1.54, 1.807) is 0 Å². The summed E-state index contributed by atoms with van der Waals surface area (Å²) in [5.41, 5.74) is 0. The Morgan fingerprint density at radius 1 is 0.657 bits per heavy atom. The molecule has 2 heterocycles. The Kier molecular flexibility index (Phi) is 9.01. The molecule has 0 aromatic carbocycles. The Hall–Kier alpha value is -2.79. The summed E-state index contributed by atoms with van der Waals surface area (Å²) in [6.45, 7) is 5.26. The van der Waals surface area contributed by atoms with Crippen LogP contribution in [-0.4, -0.2) is 54.8 Å². The first-order chi connectivity index (χ1) is 16.5. The van der Waals surface area contributed by atoms with E-state index < -0.39 is 37.1 Å². The van der Waals surface area contributed by atoms with Gasteiger partial charge < -0.3 is 28.4 Å². The molecule has 11 nitrogen and oxygen atoms in total. The zero-order chi connectivity index (χ0) is 25.7. The van der Waals surface area contributed by atoms with Crippen LogP contribution in [0.25, 0.3) is 0 Å². The number of fused-ring (bicyclic) bond motifs is 2. The Morgan fingerprint density at radius 3 is 1.43 bits per heavy atom. The summed E-state index contributed by atoms with van der Waals surface area (Å²) >= 11 is 0. The average molecular weight is 497 g/mol. The number of carbonyl (C=O) groups is 5. The van der Waals surface area contributed by atoms with Gasteiger partial charge in [-0.1, -0.05) is 12.2 Å². The fourth-order valence-electron chi connectivity index (χ4n) is 4.96. The molecule has 0 N–H and O–H groups in total. The smallest absolute Gasteiger partial charge is 0.304 e. The molecule has 4 rings (SSSR count). The first-order valence-electron chi connectivity index (χ1n) is 11.7. The minimum Gasteiger partial charge on any atom is -0.435 e. The summed E-state index contributed by atoms with van der Waals surface area (Å²) in [6, 6.07) is 0. The predicted molar refractivity (Wildman–Crippen MR) is 116 cm³/mol. The Balaban J connectivity index is 0.000000196. The molecule has 1 saturated carbocycles. The van der Waals surface area contributed by atoms with E-state index in [0.29, 0.717) is 19.3 Å². The highest BCUT2D eigenvalue weighted by Crippen LogP contribution is 2.43. The van der Waals surface area contributed by atoms with Gasteiger partial charge in [-0.25, -0.2) is 0 Å². The second-order valence-electron chi connectivity index (χ2n) is 9.06. The van der Waals surface area contributed by atoms with Crippen LogP contribution in [0.1, 0.15) is 59.8 Å². The fourth-order valence-corrected chi connectivity index (χ4v) is 4.96. The largest absolute Gasteiger partial charge is 0.435 e. The van der Waals surface area contributed by atoms with Crippen LogP contribution in [-0.2, 0) is 52.4 Å². The van der Waals surface area contributed by atoms with Gasteiger partial charge in [0.2, 0.25) is 25.2 Å². The molecule has 4 aliphatic rings. The number of hydrogen-bond acceptors (Lipinski definition) is 11. The Morgan fingerprint density at radius 2 is 1.03 bits per heavy atom. The first kappa shape index (κ1) is 26.8. The van der Waals surface area contributed by atoms with Crippen molar-refractivity contribution in [3.05, 3.63) is 12.2 Å².